The van der Waals surface area contributed by atoms with Crippen LogP contribution in [0.2, 0.25) is 0 Å². The van der Waals surface area contributed by atoms with Crippen molar-refractivity contribution in [3.05, 3.63) is 48.6 Å². The number of allylic oxidation sites excluding steroid dienone is 1. The van der Waals surface area contributed by atoms with Gasteiger partial charge in [0.05, 0.1) is 18.9 Å². The molecule has 1 aliphatic heterocycles. The van der Waals surface area contributed by atoms with Crippen molar-refractivity contribution in [3.8, 4) is 0 Å². The quantitative estimate of drug-likeness (QED) is 0.538. The van der Waals surface area contributed by atoms with Gasteiger partial charge < -0.3 is 4.90 Å². The van der Waals surface area contributed by atoms with Gasteiger partial charge in [0.1, 0.15) is 0 Å². The van der Waals surface area contributed by atoms with Gasteiger partial charge in [0.25, 0.3) is 10.1 Å². The number of rotatable bonds is 8. The number of nitrogens with zero attached hydrogens (tertiary/aromatic N) is 1. The van der Waals surface area contributed by atoms with Crippen molar-refractivity contribution in [1.82, 2.24) is 4.90 Å². The van der Waals surface area contributed by atoms with Crippen molar-refractivity contribution in [2.45, 2.75) is 25.3 Å². The predicted octanol–water partition coefficient (Wildman–Crippen LogP) is 2.00. The summed E-state index contributed by atoms with van der Waals surface area (Å²) in [5.41, 5.74) is 1.15. The summed E-state index contributed by atoms with van der Waals surface area (Å²) in [6, 6.07) is 9.71. The molecule has 1 amide bonds. The first-order valence-corrected chi connectivity index (χ1v) is 9.52. The second-order valence-corrected chi connectivity index (χ2v) is 7.51. The third-order valence-corrected chi connectivity index (χ3v) is 4.60. The molecule has 0 unspecified atom stereocenters. The van der Waals surface area contributed by atoms with Crippen LogP contribution in [0.25, 0.3) is 0 Å². The molecule has 0 radical (unpaired) electrons. The molecule has 2 atom stereocenters. The zero-order valence-corrected chi connectivity index (χ0v) is 14.2. The Morgan fingerprint density at radius 3 is 2.65 bits per heavy atom. The molecule has 1 fully saturated rings. The molecule has 1 aromatic rings. The highest BCUT2D eigenvalue weighted by atomic mass is 32.2. The molecule has 2 rings (SSSR count). The Kier molecular flexibility index (Phi) is 5.96. The van der Waals surface area contributed by atoms with E-state index in [2.05, 4.69) is 6.58 Å². The first-order chi connectivity index (χ1) is 10.9. The SMILES string of the molecule is C=CC[C@@H]1C[C@@H](COS(C)(=O)=O)N(CCc2ccccc2)C1=O. The number of benzene rings is 1. The fraction of sp³-hybridized carbons (Fsp3) is 0.471. The van der Waals surface area contributed by atoms with E-state index in [1.165, 1.54) is 0 Å². The van der Waals surface area contributed by atoms with Crippen molar-refractivity contribution < 1.29 is 17.4 Å². The number of carbonyl (C=O) groups is 1. The zero-order chi connectivity index (χ0) is 16.9. The maximum atomic E-state index is 12.5. The van der Waals surface area contributed by atoms with Gasteiger partial charge >= 0.3 is 0 Å². The lowest BCUT2D eigenvalue weighted by Crippen LogP contribution is -2.38. The minimum Gasteiger partial charge on any atom is -0.337 e. The van der Waals surface area contributed by atoms with Gasteiger partial charge in [-0.15, -0.1) is 6.58 Å². The fourth-order valence-electron chi connectivity index (χ4n) is 2.92. The molecule has 0 spiro atoms. The third-order valence-electron chi connectivity index (χ3n) is 4.04. The molecule has 0 saturated carbocycles. The van der Waals surface area contributed by atoms with E-state index in [-0.39, 0.29) is 24.5 Å². The second-order valence-electron chi connectivity index (χ2n) is 5.87. The van der Waals surface area contributed by atoms with Crippen molar-refractivity contribution >= 4 is 16.0 Å². The van der Waals surface area contributed by atoms with Crippen LogP contribution in [0.5, 0.6) is 0 Å². The van der Waals surface area contributed by atoms with Gasteiger partial charge in [-0.25, -0.2) is 0 Å². The summed E-state index contributed by atoms with van der Waals surface area (Å²) in [5, 5.41) is 0. The summed E-state index contributed by atoms with van der Waals surface area (Å²) >= 11 is 0. The molecule has 0 N–H and O–H groups in total. The second kappa shape index (κ2) is 7.75. The summed E-state index contributed by atoms with van der Waals surface area (Å²) in [6.07, 6.45) is 4.71. The molecule has 1 aromatic carbocycles. The van der Waals surface area contributed by atoms with Gasteiger partial charge in [-0.3, -0.25) is 8.98 Å². The maximum Gasteiger partial charge on any atom is 0.264 e. The van der Waals surface area contributed by atoms with Crippen LogP contribution in [0.1, 0.15) is 18.4 Å². The molecule has 1 saturated heterocycles. The van der Waals surface area contributed by atoms with Crippen molar-refractivity contribution in [2.24, 2.45) is 5.92 Å². The standard InChI is InChI=1S/C17H23NO4S/c1-3-7-15-12-16(13-22-23(2,20)21)18(17(15)19)11-10-14-8-5-4-6-9-14/h3-6,8-9,15-16H,1,7,10-13H2,2H3/t15-,16+/m1/s1. The number of hydrogen-bond donors (Lipinski definition) is 0. The Bertz CT molecular complexity index is 642. The first kappa shape index (κ1) is 17.7. The van der Waals surface area contributed by atoms with Crippen LogP contribution < -0.4 is 0 Å². The summed E-state index contributed by atoms with van der Waals surface area (Å²) in [5.74, 6) is -0.0700. The average Bonchev–Trinajstić information content (AvgIpc) is 2.80. The Balaban J connectivity index is 2.04. The van der Waals surface area contributed by atoms with Crippen molar-refractivity contribution in [3.63, 3.8) is 0 Å². The van der Waals surface area contributed by atoms with Gasteiger partial charge in [-0.2, -0.15) is 8.42 Å². The van der Waals surface area contributed by atoms with Crippen LogP contribution in [0.15, 0.2) is 43.0 Å². The highest BCUT2D eigenvalue weighted by molar-refractivity contribution is 7.85. The van der Waals surface area contributed by atoms with Crippen molar-refractivity contribution in [2.75, 3.05) is 19.4 Å². The third kappa shape index (κ3) is 5.18. The first-order valence-electron chi connectivity index (χ1n) is 7.70. The van der Waals surface area contributed by atoms with E-state index in [4.69, 9.17) is 4.18 Å². The van der Waals surface area contributed by atoms with Crippen LogP contribution in [0.3, 0.4) is 0 Å². The summed E-state index contributed by atoms with van der Waals surface area (Å²) in [6.45, 7) is 4.27. The summed E-state index contributed by atoms with van der Waals surface area (Å²) in [7, 11) is -3.51. The molecule has 126 valence electrons. The molecule has 0 bridgehead atoms. The van der Waals surface area contributed by atoms with E-state index in [1.807, 2.05) is 30.3 Å². The van der Waals surface area contributed by atoms with E-state index in [9.17, 15) is 13.2 Å². The van der Waals surface area contributed by atoms with Crippen molar-refractivity contribution in [1.29, 1.82) is 0 Å². The molecular weight excluding hydrogens is 314 g/mol. The Labute approximate surface area is 138 Å². The van der Waals surface area contributed by atoms with Crippen LogP contribution in [0, 0.1) is 5.92 Å². The molecule has 1 heterocycles. The van der Waals surface area contributed by atoms with Gasteiger partial charge in [-0.05, 0) is 24.8 Å². The lowest BCUT2D eigenvalue weighted by atomic mass is 10.0. The van der Waals surface area contributed by atoms with E-state index >= 15 is 0 Å². The Morgan fingerprint density at radius 2 is 2.04 bits per heavy atom. The van der Waals surface area contributed by atoms with Gasteiger partial charge in [0, 0.05) is 12.5 Å². The van der Waals surface area contributed by atoms with Crippen LogP contribution >= 0.6 is 0 Å². The molecule has 23 heavy (non-hydrogen) atoms. The fourth-order valence-corrected chi connectivity index (χ4v) is 3.32. The van der Waals surface area contributed by atoms with Crippen LogP contribution in [-0.2, 0) is 25.5 Å². The highest BCUT2D eigenvalue weighted by Gasteiger charge is 2.38. The Morgan fingerprint density at radius 1 is 1.35 bits per heavy atom. The maximum absolute atomic E-state index is 12.5. The number of carbonyl (C=O) groups excluding carboxylic acids is 1. The zero-order valence-electron chi connectivity index (χ0n) is 13.3. The van der Waals surface area contributed by atoms with E-state index in [0.29, 0.717) is 19.4 Å². The molecule has 0 aliphatic carbocycles. The highest BCUT2D eigenvalue weighted by Crippen LogP contribution is 2.28. The molecule has 6 heteroatoms. The molecule has 0 aromatic heterocycles. The normalized spacial score (nSPS) is 21.6. The minimum absolute atomic E-state index is 0.0208. The monoisotopic (exact) mass is 337 g/mol. The lowest BCUT2D eigenvalue weighted by Gasteiger charge is -2.24. The average molecular weight is 337 g/mol. The predicted molar refractivity (Wildman–Crippen MR) is 89.4 cm³/mol. The number of likely N-dealkylation sites (tertiary alicyclic amines) is 1. The van der Waals surface area contributed by atoms with E-state index in [1.54, 1.807) is 11.0 Å². The Hall–Kier alpha value is -1.66. The largest absolute Gasteiger partial charge is 0.337 e. The smallest absolute Gasteiger partial charge is 0.264 e. The summed E-state index contributed by atoms with van der Waals surface area (Å²) in [4.78, 5) is 14.3. The number of hydrogen-bond acceptors (Lipinski definition) is 4. The molecule has 5 nitrogen and oxygen atoms in total. The molecule has 1 aliphatic rings. The van der Waals surface area contributed by atoms with E-state index in [0.717, 1.165) is 18.2 Å². The summed E-state index contributed by atoms with van der Waals surface area (Å²) < 4.78 is 27.4. The van der Waals surface area contributed by atoms with Gasteiger partial charge in [0.2, 0.25) is 5.91 Å². The lowest BCUT2D eigenvalue weighted by molar-refractivity contribution is -0.132. The number of amides is 1. The van der Waals surface area contributed by atoms with Gasteiger partial charge in [-0.1, -0.05) is 36.4 Å². The van der Waals surface area contributed by atoms with Gasteiger partial charge in [0.15, 0.2) is 0 Å². The van der Waals surface area contributed by atoms with Crippen LogP contribution in [-0.4, -0.2) is 44.7 Å². The van der Waals surface area contributed by atoms with Crippen LogP contribution in [0.4, 0.5) is 0 Å². The molecular formula is C17H23NO4S. The van der Waals surface area contributed by atoms with E-state index < -0.39 is 10.1 Å². The minimum atomic E-state index is -3.51. The topological polar surface area (TPSA) is 63.7 Å².